The molecule has 4 nitrogen and oxygen atoms in total. The molecule has 0 aliphatic rings. The molecule has 13 rings (SSSR count). The van der Waals surface area contributed by atoms with Gasteiger partial charge in [-0.05, 0) is 113 Å². The van der Waals surface area contributed by atoms with Crippen LogP contribution < -0.4 is 10.9 Å². The molecule has 68 heavy (non-hydrogen) atoms. The number of aromatic nitrogens is 2. The Balaban J connectivity index is 0.000000158. The highest BCUT2D eigenvalue weighted by molar-refractivity contribution is 6.33. The molecular weight excluding hydrogens is 829 g/mol. The van der Waals surface area contributed by atoms with Gasteiger partial charge < -0.3 is 9.13 Å². The molecule has 2 heterocycles. The SMILES string of the molecule is Cn1c2ccccc2c(=O)c2cc3c(cc21)c(=O)c1ccccc1n3C.c1ccc(-c2c3ccccc3c(-c3ccccc3)c3c(-c4ccccc4)c4ccccc4c(-c4ccccc4)c23)cc1. The van der Waals surface area contributed by atoms with E-state index in [1.807, 2.05) is 83.9 Å². The second-order valence-corrected chi connectivity index (χ2v) is 17.5. The molecule has 0 atom stereocenters. The Kier molecular flexibility index (Phi) is 9.88. The summed E-state index contributed by atoms with van der Waals surface area (Å²) in [5, 5.41) is 10.3. The normalized spacial score (nSPS) is 11.5. The van der Waals surface area contributed by atoms with Gasteiger partial charge in [-0.2, -0.15) is 0 Å². The first-order chi connectivity index (χ1) is 33.5. The van der Waals surface area contributed by atoms with Crippen LogP contribution in [0.2, 0.25) is 0 Å². The van der Waals surface area contributed by atoms with Crippen molar-refractivity contribution < 1.29 is 0 Å². The first-order valence-corrected chi connectivity index (χ1v) is 23.1. The molecule has 0 N–H and O–H groups in total. The van der Waals surface area contributed by atoms with Gasteiger partial charge in [-0.25, -0.2) is 0 Å². The van der Waals surface area contributed by atoms with Crippen LogP contribution in [0.4, 0.5) is 0 Å². The minimum atomic E-state index is -0.00351. The molecule has 0 aliphatic heterocycles. The fourth-order valence-corrected chi connectivity index (χ4v) is 10.7. The van der Waals surface area contributed by atoms with Crippen molar-refractivity contribution in [3.8, 4) is 44.5 Å². The van der Waals surface area contributed by atoms with Gasteiger partial charge in [0.25, 0.3) is 0 Å². The molecule has 2 aromatic heterocycles. The van der Waals surface area contributed by atoms with E-state index in [4.69, 9.17) is 0 Å². The van der Waals surface area contributed by atoms with Gasteiger partial charge in [0.15, 0.2) is 10.9 Å². The molecule has 0 radical (unpaired) electrons. The maximum Gasteiger partial charge on any atom is 0.197 e. The first-order valence-electron chi connectivity index (χ1n) is 23.1. The van der Waals surface area contributed by atoms with Crippen molar-refractivity contribution in [2.24, 2.45) is 14.1 Å². The number of aryl methyl sites for hydroxylation is 2. The molecule has 11 aromatic carbocycles. The van der Waals surface area contributed by atoms with Gasteiger partial charge in [0.2, 0.25) is 0 Å². The fourth-order valence-electron chi connectivity index (χ4n) is 10.7. The minimum absolute atomic E-state index is 0.00351. The lowest BCUT2D eigenvalue weighted by Gasteiger charge is -2.25. The third kappa shape index (κ3) is 6.45. The molecule has 0 saturated carbocycles. The molecule has 0 bridgehead atoms. The Hall–Kier alpha value is -8.86. The fraction of sp³-hybridized carbons (Fsp3) is 0.0312. The average Bonchev–Trinajstić information content (AvgIpc) is 3.41. The number of fused-ring (bicyclic) bond motifs is 7. The van der Waals surface area contributed by atoms with E-state index in [9.17, 15) is 9.59 Å². The Morgan fingerprint density at radius 1 is 0.250 bits per heavy atom. The van der Waals surface area contributed by atoms with Crippen LogP contribution in [0.3, 0.4) is 0 Å². The van der Waals surface area contributed by atoms with Crippen LogP contribution in [0.5, 0.6) is 0 Å². The number of pyridine rings is 2. The molecule has 0 unspecified atom stereocenters. The van der Waals surface area contributed by atoms with Gasteiger partial charge >= 0.3 is 0 Å². The summed E-state index contributed by atoms with van der Waals surface area (Å²) in [4.78, 5) is 26.1. The molecule has 4 heteroatoms. The Morgan fingerprint density at radius 3 is 0.765 bits per heavy atom. The maximum absolute atomic E-state index is 13.0. The predicted octanol–water partition coefficient (Wildman–Crippen LogP) is 15.5. The summed E-state index contributed by atoms with van der Waals surface area (Å²) in [6.07, 6.45) is 0. The summed E-state index contributed by atoms with van der Waals surface area (Å²) in [6.45, 7) is 0. The molecular formula is C64H44N2O2. The first kappa shape index (κ1) is 40.6. The van der Waals surface area contributed by atoms with E-state index in [-0.39, 0.29) is 10.9 Å². The number of para-hydroxylation sites is 2. The lowest BCUT2D eigenvalue weighted by molar-refractivity contribution is 0.994. The van der Waals surface area contributed by atoms with E-state index < -0.39 is 0 Å². The van der Waals surface area contributed by atoms with Crippen LogP contribution in [0, 0.1) is 0 Å². The van der Waals surface area contributed by atoms with Gasteiger partial charge in [0, 0.05) is 35.6 Å². The van der Waals surface area contributed by atoms with Crippen LogP contribution >= 0.6 is 0 Å². The second kappa shape index (κ2) is 16.5. The molecule has 0 spiro atoms. The Morgan fingerprint density at radius 2 is 0.485 bits per heavy atom. The number of hydrogen-bond donors (Lipinski definition) is 0. The molecule has 0 saturated heterocycles. The summed E-state index contributed by atoms with van der Waals surface area (Å²) in [5.74, 6) is 0. The van der Waals surface area contributed by atoms with Crippen molar-refractivity contribution in [2.45, 2.75) is 0 Å². The smallest absolute Gasteiger partial charge is 0.197 e. The van der Waals surface area contributed by atoms with Gasteiger partial charge in [-0.15, -0.1) is 0 Å². The van der Waals surface area contributed by atoms with E-state index in [2.05, 4.69) is 170 Å². The zero-order valence-electron chi connectivity index (χ0n) is 37.7. The van der Waals surface area contributed by atoms with Crippen molar-refractivity contribution in [1.29, 1.82) is 0 Å². The summed E-state index contributed by atoms with van der Waals surface area (Å²) in [5.41, 5.74) is 13.3. The van der Waals surface area contributed by atoms with E-state index >= 15 is 0 Å². The summed E-state index contributed by atoms with van der Waals surface area (Å²) in [7, 11) is 3.86. The molecule has 13 aromatic rings. The highest BCUT2D eigenvalue weighted by Gasteiger charge is 2.25. The predicted molar refractivity (Wildman–Crippen MR) is 288 cm³/mol. The summed E-state index contributed by atoms with van der Waals surface area (Å²) in [6, 6.07) is 80.5. The van der Waals surface area contributed by atoms with Crippen molar-refractivity contribution in [3.05, 3.63) is 251 Å². The van der Waals surface area contributed by atoms with Crippen molar-refractivity contribution >= 4 is 75.9 Å². The van der Waals surface area contributed by atoms with Crippen LogP contribution in [-0.2, 0) is 14.1 Å². The Labute approximate surface area is 392 Å². The lowest BCUT2D eigenvalue weighted by atomic mass is 9.77. The molecule has 0 amide bonds. The standard InChI is InChI=1S/C42H28.C22H16N2O2/c1-5-17-29(18-6-1)37-33-25-13-14-26-34(33)39(31-21-9-3-10-22-31)42-40(32-23-11-4-12-24-32)36-28-16-15-27-35(36)38(41(37)42)30-19-7-2-8-20-30;1-23-17-9-5-3-7-13(17)21(25)15-12-20-16(11-19(15)23)22(26)14-8-4-6-10-18(14)24(20)2/h1-28H;3-12H,1-2H3. The molecule has 0 fully saturated rings. The number of benzene rings is 11. The van der Waals surface area contributed by atoms with Crippen molar-refractivity contribution in [1.82, 2.24) is 9.13 Å². The van der Waals surface area contributed by atoms with Crippen LogP contribution in [0.25, 0.3) is 120 Å². The van der Waals surface area contributed by atoms with E-state index in [1.165, 1.54) is 76.8 Å². The van der Waals surface area contributed by atoms with Crippen LogP contribution in [0.15, 0.2) is 240 Å². The number of rotatable bonds is 4. The lowest BCUT2D eigenvalue weighted by Crippen LogP contribution is -2.13. The van der Waals surface area contributed by atoms with E-state index in [0.717, 1.165) is 22.1 Å². The minimum Gasteiger partial charge on any atom is -0.343 e. The van der Waals surface area contributed by atoms with Crippen LogP contribution in [0.1, 0.15) is 0 Å². The van der Waals surface area contributed by atoms with E-state index in [1.54, 1.807) is 0 Å². The summed E-state index contributed by atoms with van der Waals surface area (Å²) >= 11 is 0. The average molecular weight is 873 g/mol. The Bertz CT molecular complexity index is 3800. The van der Waals surface area contributed by atoms with Crippen molar-refractivity contribution in [2.75, 3.05) is 0 Å². The molecule has 0 aliphatic carbocycles. The van der Waals surface area contributed by atoms with Gasteiger partial charge in [-0.1, -0.05) is 194 Å². The topological polar surface area (TPSA) is 44.0 Å². The highest BCUT2D eigenvalue weighted by Crippen LogP contribution is 2.53. The van der Waals surface area contributed by atoms with Gasteiger partial charge in [0.1, 0.15) is 0 Å². The molecule has 322 valence electrons. The second-order valence-electron chi connectivity index (χ2n) is 17.5. The third-order valence-electron chi connectivity index (χ3n) is 13.8. The zero-order chi connectivity index (χ0) is 45.9. The van der Waals surface area contributed by atoms with Crippen LogP contribution in [-0.4, -0.2) is 9.13 Å². The van der Waals surface area contributed by atoms with Crippen molar-refractivity contribution in [3.63, 3.8) is 0 Å². The third-order valence-corrected chi connectivity index (χ3v) is 13.8. The number of nitrogens with zero attached hydrogens (tertiary/aromatic N) is 2. The van der Waals surface area contributed by atoms with Gasteiger partial charge in [0.05, 0.1) is 22.1 Å². The quantitative estimate of drug-likeness (QED) is 0.165. The van der Waals surface area contributed by atoms with Gasteiger partial charge in [-0.3, -0.25) is 9.59 Å². The summed E-state index contributed by atoms with van der Waals surface area (Å²) < 4.78 is 3.97. The highest BCUT2D eigenvalue weighted by atomic mass is 16.1. The largest absolute Gasteiger partial charge is 0.343 e. The van der Waals surface area contributed by atoms with E-state index in [0.29, 0.717) is 21.5 Å². The number of hydrogen-bond acceptors (Lipinski definition) is 2. The maximum atomic E-state index is 13.0. The zero-order valence-corrected chi connectivity index (χ0v) is 37.7. The monoisotopic (exact) mass is 872 g/mol.